The van der Waals surface area contributed by atoms with Crippen LogP contribution in [0.15, 0.2) is 54.6 Å². The highest BCUT2D eigenvalue weighted by molar-refractivity contribution is 5.97. The van der Waals surface area contributed by atoms with Crippen molar-refractivity contribution < 1.29 is 14.3 Å². The normalized spacial score (nSPS) is 17.0. The predicted octanol–water partition coefficient (Wildman–Crippen LogP) is 3.18. The average Bonchev–Trinajstić information content (AvgIpc) is 2.75. The van der Waals surface area contributed by atoms with Crippen LogP contribution in [0.2, 0.25) is 0 Å². The van der Waals surface area contributed by atoms with Gasteiger partial charge in [-0.3, -0.25) is 14.5 Å². The summed E-state index contributed by atoms with van der Waals surface area (Å²) >= 11 is 0. The van der Waals surface area contributed by atoms with E-state index in [4.69, 9.17) is 4.74 Å². The molecule has 0 aliphatic carbocycles. The van der Waals surface area contributed by atoms with Gasteiger partial charge in [-0.2, -0.15) is 0 Å². The summed E-state index contributed by atoms with van der Waals surface area (Å²) in [6.07, 6.45) is -0.0206. The molecule has 6 nitrogen and oxygen atoms in total. The molecule has 0 bridgehead atoms. The van der Waals surface area contributed by atoms with E-state index in [1.165, 1.54) is 0 Å². The van der Waals surface area contributed by atoms with Gasteiger partial charge >= 0.3 is 0 Å². The zero-order chi connectivity index (χ0) is 20.6. The van der Waals surface area contributed by atoms with Crippen LogP contribution in [0.5, 0.6) is 0 Å². The number of carbonyl (C=O) groups excluding carboxylic acids is 2. The number of hydrogen-bond acceptors (Lipinski definition) is 4. The summed E-state index contributed by atoms with van der Waals surface area (Å²) in [6.45, 7) is 7.52. The molecule has 2 amide bonds. The highest BCUT2D eigenvalue weighted by Crippen LogP contribution is 2.22. The van der Waals surface area contributed by atoms with Crippen LogP contribution in [0.3, 0.4) is 0 Å². The Labute approximate surface area is 172 Å². The first-order chi connectivity index (χ1) is 14.1. The Bertz CT molecular complexity index is 821. The van der Waals surface area contributed by atoms with Crippen LogP contribution in [0, 0.1) is 0 Å². The van der Waals surface area contributed by atoms with Gasteiger partial charge in [0.1, 0.15) is 0 Å². The Morgan fingerprint density at radius 2 is 1.86 bits per heavy atom. The van der Waals surface area contributed by atoms with Crippen LogP contribution in [0.4, 0.5) is 5.69 Å². The van der Waals surface area contributed by atoms with Crippen LogP contribution in [0.25, 0.3) is 0 Å². The zero-order valence-electron chi connectivity index (χ0n) is 17.1. The maximum Gasteiger partial charge on any atom is 0.253 e. The third-order valence-electron chi connectivity index (χ3n) is 5.13. The van der Waals surface area contributed by atoms with E-state index in [0.717, 1.165) is 12.1 Å². The SMILES string of the molecule is CCN(CC)C(=O)c1cccc(NC(=O)CN2CCOC(c3ccccc3)C2)c1. The molecule has 29 heavy (non-hydrogen) atoms. The first kappa shape index (κ1) is 21.0. The fraction of sp³-hybridized carbons (Fsp3) is 0.391. The van der Waals surface area contributed by atoms with E-state index in [9.17, 15) is 9.59 Å². The minimum Gasteiger partial charge on any atom is -0.371 e. The Balaban J connectivity index is 1.58. The van der Waals surface area contributed by atoms with Crippen LogP contribution >= 0.6 is 0 Å². The summed E-state index contributed by atoms with van der Waals surface area (Å²) in [7, 11) is 0. The maximum atomic E-state index is 12.6. The highest BCUT2D eigenvalue weighted by Gasteiger charge is 2.23. The van der Waals surface area contributed by atoms with E-state index < -0.39 is 0 Å². The third-order valence-corrected chi connectivity index (χ3v) is 5.13. The summed E-state index contributed by atoms with van der Waals surface area (Å²) in [5.74, 6) is -0.115. The van der Waals surface area contributed by atoms with Crippen LogP contribution in [-0.2, 0) is 9.53 Å². The van der Waals surface area contributed by atoms with E-state index in [2.05, 4.69) is 10.2 Å². The van der Waals surface area contributed by atoms with Gasteiger partial charge in [0, 0.05) is 37.4 Å². The second-order valence-electron chi connectivity index (χ2n) is 7.11. The summed E-state index contributed by atoms with van der Waals surface area (Å²) in [6, 6.07) is 17.2. The number of nitrogens with one attached hydrogen (secondary N) is 1. The fourth-order valence-electron chi connectivity index (χ4n) is 3.54. The van der Waals surface area contributed by atoms with Crippen LogP contribution in [0.1, 0.15) is 35.9 Å². The van der Waals surface area contributed by atoms with Crippen molar-refractivity contribution in [3.63, 3.8) is 0 Å². The number of morpholine rings is 1. The van der Waals surface area contributed by atoms with Gasteiger partial charge < -0.3 is 15.0 Å². The lowest BCUT2D eigenvalue weighted by atomic mass is 10.1. The average molecular weight is 396 g/mol. The molecule has 1 atom stereocenters. The quantitative estimate of drug-likeness (QED) is 0.782. The molecule has 1 aliphatic rings. The van der Waals surface area contributed by atoms with Gasteiger partial charge in [-0.15, -0.1) is 0 Å². The van der Waals surface area contributed by atoms with Gasteiger partial charge in [-0.1, -0.05) is 36.4 Å². The van der Waals surface area contributed by atoms with Crippen molar-refractivity contribution in [2.75, 3.05) is 44.6 Å². The lowest BCUT2D eigenvalue weighted by Gasteiger charge is -2.32. The van der Waals surface area contributed by atoms with Crippen molar-refractivity contribution >= 4 is 17.5 Å². The molecule has 2 aromatic rings. The predicted molar refractivity (Wildman–Crippen MR) is 114 cm³/mol. The van der Waals surface area contributed by atoms with Gasteiger partial charge in [0.25, 0.3) is 5.91 Å². The molecular formula is C23H29N3O3. The number of hydrogen-bond donors (Lipinski definition) is 1. The van der Waals surface area contributed by atoms with Gasteiger partial charge in [0.05, 0.1) is 19.3 Å². The molecule has 1 N–H and O–H groups in total. The van der Waals surface area contributed by atoms with Crippen molar-refractivity contribution in [1.82, 2.24) is 9.80 Å². The lowest BCUT2D eigenvalue weighted by Crippen LogP contribution is -2.42. The lowest BCUT2D eigenvalue weighted by molar-refractivity contribution is -0.119. The molecule has 154 valence electrons. The smallest absolute Gasteiger partial charge is 0.253 e. The third kappa shape index (κ3) is 5.65. The Hall–Kier alpha value is -2.70. The first-order valence-corrected chi connectivity index (χ1v) is 10.2. The number of anilines is 1. The number of amides is 2. The zero-order valence-corrected chi connectivity index (χ0v) is 17.1. The van der Waals surface area contributed by atoms with Crippen LogP contribution < -0.4 is 5.32 Å². The molecule has 0 saturated carbocycles. The molecule has 1 heterocycles. The standard InChI is InChI=1S/C23H29N3O3/c1-3-26(4-2)23(28)19-11-8-12-20(15-19)24-22(27)17-25-13-14-29-21(16-25)18-9-6-5-7-10-18/h5-12,15,21H,3-4,13-14,16-17H2,1-2H3,(H,24,27). The molecule has 0 radical (unpaired) electrons. The van der Waals surface area contributed by atoms with Crippen LogP contribution in [-0.4, -0.2) is 60.9 Å². The van der Waals surface area contributed by atoms with Crippen molar-refractivity contribution in [2.24, 2.45) is 0 Å². The largest absolute Gasteiger partial charge is 0.371 e. The molecule has 6 heteroatoms. The molecule has 1 aliphatic heterocycles. The monoisotopic (exact) mass is 395 g/mol. The second-order valence-corrected chi connectivity index (χ2v) is 7.11. The van der Waals surface area contributed by atoms with Gasteiger partial charge in [-0.25, -0.2) is 0 Å². The van der Waals surface area contributed by atoms with E-state index in [-0.39, 0.29) is 17.9 Å². The van der Waals surface area contributed by atoms with Crippen molar-refractivity contribution in [3.8, 4) is 0 Å². The van der Waals surface area contributed by atoms with E-state index in [1.807, 2.05) is 50.2 Å². The number of nitrogens with zero attached hydrogens (tertiary/aromatic N) is 2. The van der Waals surface area contributed by atoms with Gasteiger partial charge in [0.15, 0.2) is 0 Å². The number of rotatable bonds is 7. The number of ether oxygens (including phenoxy) is 1. The molecule has 1 unspecified atom stereocenters. The van der Waals surface area contributed by atoms with Crippen molar-refractivity contribution in [1.29, 1.82) is 0 Å². The Morgan fingerprint density at radius 1 is 1.10 bits per heavy atom. The molecule has 2 aromatic carbocycles. The van der Waals surface area contributed by atoms with E-state index in [0.29, 0.717) is 44.0 Å². The number of carbonyl (C=O) groups is 2. The molecule has 1 saturated heterocycles. The summed E-state index contributed by atoms with van der Waals surface area (Å²) in [5, 5.41) is 2.92. The molecule has 0 spiro atoms. The van der Waals surface area contributed by atoms with E-state index >= 15 is 0 Å². The summed E-state index contributed by atoms with van der Waals surface area (Å²) in [5.41, 5.74) is 2.35. The molecule has 3 rings (SSSR count). The summed E-state index contributed by atoms with van der Waals surface area (Å²) in [4.78, 5) is 28.9. The highest BCUT2D eigenvalue weighted by atomic mass is 16.5. The maximum absolute atomic E-state index is 12.6. The van der Waals surface area contributed by atoms with Crippen molar-refractivity contribution in [3.05, 3.63) is 65.7 Å². The van der Waals surface area contributed by atoms with Gasteiger partial charge in [-0.05, 0) is 37.6 Å². The summed E-state index contributed by atoms with van der Waals surface area (Å²) < 4.78 is 5.86. The van der Waals surface area contributed by atoms with E-state index in [1.54, 1.807) is 23.1 Å². The Morgan fingerprint density at radius 3 is 2.59 bits per heavy atom. The fourth-order valence-corrected chi connectivity index (χ4v) is 3.54. The number of benzene rings is 2. The second kappa shape index (κ2) is 10.2. The minimum atomic E-state index is -0.0915. The minimum absolute atomic E-state index is 0.0206. The van der Waals surface area contributed by atoms with Crippen molar-refractivity contribution in [2.45, 2.75) is 20.0 Å². The molecule has 1 fully saturated rings. The topological polar surface area (TPSA) is 61.9 Å². The molecular weight excluding hydrogens is 366 g/mol. The Kier molecular flexibility index (Phi) is 7.38. The molecule has 0 aromatic heterocycles. The first-order valence-electron chi connectivity index (χ1n) is 10.2. The van der Waals surface area contributed by atoms with Gasteiger partial charge in [0.2, 0.25) is 5.91 Å².